The van der Waals surface area contributed by atoms with Crippen molar-refractivity contribution in [3.05, 3.63) is 12.7 Å². The maximum atomic E-state index is 12.9. The first-order valence-corrected chi connectivity index (χ1v) is 6.18. The summed E-state index contributed by atoms with van der Waals surface area (Å²) < 4.78 is 45.5. The van der Waals surface area contributed by atoms with Crippen LogP contribution in [0.5, 0.6) is 0 Å². The minimum absolute atomic E-state index is 0.142. The molecule has 0 spiro atoms. The summed E-state index contributed by atoms with van der Waals surface area (Å²) in [5.41, 5.74) is 6.23. The van der Waals surface area contributed by atoms with Crippen molar-refractivity contribution in [3.63, 3.8) is 0 Å². The van der Waals surface area contributed by atoms with Crippen LogP contribution in [0.4, 0.5) is 19.0 Å². The van der Waals surface area contributed by atoms with Crippen LogP contribution in [-0.4, -0.2) is 43.5 Å². The second kappa shape index (κ2) is 4.81. The number of alkyl halides is 3. The largest absolute Gasteiger partial charge is 0.394 e. The van der Waals surface area contributed by atoms with Gasteiger partial charge < -0.3 is 15.6 Å². The number of nitrogens with two attached hydrogens (primary N) is 1. The molecule has 10 heteroatoms. The van der Waals surface area contributed by atoms with E-state index in [0.29, 0.717) is 11.2 Å². The molecule has 0 radical (unpaired) electrons. The summed E-state index contributed by atoms with van der Waals surface area (Å²) in [4.78, 5) is 11.7. The Labute approximate surface area is 116 Å². The second-order valence-electron chi connectivity index (χ2n) is 4.78. The molecule has 3 rings (SSSR count). The van der Waals surface area contributed by atoms with E-state index < -0.39 is 31.0 Å². The number of halogens is 3. The maximum absolute atomic E-state index is 12.9. The standard InChI is InChI=1S/C11H12F3N5O2/c12-11(13,14)5-1-7(21-6(5)2-20)19-4-18-8-9(15)16-3-17-10(8)19/h3-7,20H,1-2H2,(H2,15,16,17)/t5-,6-,7-/m1/s1. The van der Waals surface area contributed by atoms with Crippen molar-refractivity contribution >= 4 is 17.0 Å². The van der Waals surface area contributed by atoms with Gasteiger partial charge in [0.15, 0.2) is 11.5 Å². The van der Waals surface area contributed by atoms with Crippen LogP contribution in [0, 0.1) is 5.92 Å². The summed E-state index contributed by atoms with van der Waals surface area (Å²) in [6, 6.07) is 0. The van der Waals surface area contributed by atoms with E-state index in [0.717, 1.165) is 0 Å². The third-order valence-electron chi connectivity index (χ3n) is 3.53. The third-order valence-corrected chi connectivity index (χ3v) is 3.53. The monoisotopic (exact) mass is 303 g/mol. The van der Waals surface area contributed by atoms with Crippen molar-refractivity contribution in [2.75, 3.05) is 12.3 Å². The van der Waals surface area contributed by atoms with Crippen LogP contribution < -0.4 is 5.73 Å². The van der Waals surface area contributed by atoms with Crippen molar-refractivity contribution in [2.45, 2.75) is 24.9 Å². The number of aliphatic hydroxyl groups excluding tert-OH is 1. The first-order valence-electron chi connectivity index (χ1n) is 6.18. The van der Waals surface area contributed by atoms with E-state index in [9.17, 15) is 13.2 Å². The van der Waals surface area contributed by atoms with E-state index in [1.54, 1.807) is 0 Å². The van der Waals surface area contributed by atoms with Gasteiger partial charge in [-0.1, -0.05) is 0 Å². The number of rotatable bonds is 2. The Morgan fingerprint density at radius 1 is 1.38 bits per heavy atom. The van der Waals surface area contributed by atoms with Crippen molar-refractivity contribution in [1.82, 2.24) is 19.5 Å². The fourth-order valence-electron chi connectivity index (χ4n) is 2.50. The van der Waals surface area contributed by atoms with E-state index >= 15 is 0 Å². The van der Waals surface area contributed by atoms with E-state index in [2.05, 4.69) is 15.0 Å². The minimum Gasteiger partial charge on any atom is -0.394 e. The van der Waals surface area contributed by atoms with Gasteiger partial charge >= 0.3 is 6.18 Å². The van der Waals surface area contributed by atoms with Crippen LogP contribution in [0.25, 0.3) is 11.2 Å². The van der Waals surface area contributed by atoms with Gasteiger partial charge in [0.25, 0.3) is 0 Å². The number of anilines is 1. The molecule has 1 aliphatic heterocycles. The normalized spacial score (nSPS) is 26.6. The number of nitrogens with zero attached hydrogens (tertiary/aromatic N) is 4. The zero-order chi connectivity index (χ0) is 15.2. The lowest BCUT2D eigenvalue weighted by atomic mass is 10.0. The van der Waals surface area contributed by atoms with Gasteiger partial charge in [-0.25, -0.2) is 15.0 Å². The Kier molecular flexibility index (Phi) is 3.21. The summed E-state index contributed by atoms with van der Waals surface area (Å²) in [6.07, 6.45) is -4.44. The lowest BCUT2D eigenvalue weighted by molar-refractivity contribution is -0.190. The summed E-state index contributed by atoms with van der Waals surface area (Å²) in [7, 11) is 0. The molecular formula is C11H12F3N5O2. The molecule has 3 heterocycles. The molecule has 3 N–H and O–H groups in total. The number of imidazole rings is 1. The lowest BCUT2D eigenvalue weighted by Crippen LogP contribution is -2.32. The molecule has 2 aromatic rings. The molecule has 0 aromatic carbocycles. The minimum atomic E-state index is -4.44. The first kappa shape index (κ1) is 14.0. The number of aliphatic hydroxyl groups is 1. The van der Waals surface area contributed by atoms with E-state index in [1.165, 1.54) is 17.2 Å². The molecule has 3 atom stereocenters. The molecule has 1 fully saturated rings. The highest BCUT2D eigenvalue weighted by Gasteiger charge is 2.51. The number of nitrogen functional groups attached to an aromatic ring is 1. The summed E-state index contributed by atoms with van der Waals surface area (Å²) in [6.45, 7) is -0.704. The molecular weight excluding hydrogens is 291 g/mol. The third kappa shape index (κ3) is 2.29. The highest BCUT2D eigenvalue weighted by Crippen LogP contribution is 2.43. The molecule has 0 unspecified atom stereocenters. The van der Waals surface area contributed by atoms with E-state index in [1.807, 2.05) is 0 Å². The Balaban J connectivity index is 1.96. The number of aromatic nitrogens is 4. The number of fused-ring (bicyclic) bond motifs is 1. The molecule has 0 saturated carbocycles. The molecule has 114 valence electrons. The van der Waals surface area contributed by atoms with Crippen molar-refractivity contribution in [1.29, 1.82) is 0 Å². The van der Waals surface area contributed by atoms with Gasteiger partial charge in [-0.3, -0.25) is 4.57 Å². The Bertz CT molecular complexity index is 659. The fraction of sp³-hybridized carbons (Fsp3) is 0.545. The Morgan fingerprint density at radius 2 is 2.14 bits per heavy atom. The first-order chi connectivity index (χ1) is 9.91. The summed E-state index contributed by atoms with van der Waals surface area (Å²) >= 11 is 0. The maximum Gasteiger partial charge on any atom is 0.394 e. The van der Waals surface area contributed by atoms with Crippen molar-refractivity contribution < 1.29 is 23.0 Å². The Morgan fingerprint density at radius 3 is 2.76 bits per heavy atom. The summed E-state index contributed by atoms with van der Waals surface area (Å²) in [5.74, 6) is -1.59. The molecule has 21 heavy (non-hydrogen) atoms. The van der Waals surface area contributed by atoms with Gasteiger partial charge in [-0.15, -0.1) is 0 Å². The predicted octanol–water partition coefficient (Wildman–Crippen LogP) is 0.867. The smallest absolute Gasteiger partial charge is 0.394 e. The van der Waals surface area contributed by atoms with Crippen LogP contribution in [-0.2, 0) is 4.74 Å². The lowest BCUT2D eigenvalue weighted by Gasteiger charge is -2.18. The van der Waals surface area contributed by atoms with Gasteiger partial charge in [0.2, 0.25) is 0 Å². The SMILES string of the molecule is Nc1ncnc2c1ncn2[C@H]1C[C@@H](C(F)(F)F)[C@@H](CO)O1. The molecule has 0 amide bonds. The van der Waals surface area contributed by atoms with Gasteiger partial charge in [-0.2, -0.15) is 13.2 Å². The summed E-state index contributed by atoms with van der Waals surface area (Å²) in [5, 5.41) is 9.08. The molecule has 1 aliphatic rings. The topological polar surface area (TPSA) is 99.1 Å². The van der Waals surface area contributed by atoms with Gasteiger partial charge in [0.05, 0.1) is 25.0 Å². The van der Waals surface area contributed by atoms with Crippen LogP contribution >= 0.6 is 0 Å². The van der Waals surface area contributed by atoms with Crippen LogP contribution in [0.3, 0.4) is 0 Å². The Hall–Kier alpha value is -1.94. The van der Waals surface area contributed by atoms with Crippen LogP contribution in [0.2, 0.25) is 0 Å². The number of ether oxygens (including phenoxy) is 1. The molecule has 1 saturated heterocycles. The average Bonchev–Trinajstić information content (AvgIpc) is 3.01. The zero-order valence-electron chi connectivity index (χ0n) is 10.7. The number of hydrogen-bond donors (Lipinski definition) is 2. The fourth-order valence-corrected chi connectivity index (χ4v) is 2.50. The van der Waals surface area contributed by atoms with Crippen molar-refractivity contribution in [2.24, 2.45) is 5.92 Å². The highest BCUT2D eigenvalue weighted by molar-refractivity contribution is 5.81. The quantitative estimate of drug-likeness (QED) is 0.854. The van der Waals surface area contributed by atoms with E-state index in [-0.39, 0.29) is 12.2 Å². The highest BCUT2D eigenvalue weighted by atomic mass is 19.4. The second-order valence-corrected chi connectivity index (χ2v) is 4.78. The zero-order valence-corrected chi connectivity index (χ0v) is 10.7. The predicted molar refractivity (Wildman–Crippen MR) is 64.9 cm³/mol. The van der Waals surface area contributed by atoms with Crippen molar-refractivity contribution in [3.8, 4) is 0 Å². The van der Waals surface area contributed by atoms with Gasteiger partial charge in [-0.05, 0) is 0 Å². The van der Waals surface area contributed by atoms with Gasteiger partial charge in [0, 0.05) is 6.42 Å². The van der Waals surface area contributed by atoms with Gasteiger partial charge in [0.1, 0.15) is 18.1 Å². The average molecular weight is 303 g/mol. The number of hydrogen-bond acceptors (Lipinski definition) is 6. The molecule has 0 bridgehead atoms. The molecule has 2 aromatic heterocycles. The molecule has 0 aliphatic carbocycles. The van der Waals surface area contributed by atoms with Crippen LogP contribution in [0.15, 0.2) is 12.7 Å². The van der Waals surface area contributed by atoms with E-state index in [4.69, 9.17) is 15.6 Å². The van der Waals surface area contributed by atoms with Crippen LogP contribution in [0.1, 0.15) is 12.6 Å². The molecule has 7 nitrogen and oxygen atoms in total.